The van der Waals surface area contributed by atoms with E-state index >= 15 is 0 Å². The van der Waals surface area contributed by atoms with Gasteiger partial charge in [0.25, 0.3) is 0 Å². The lowest BCUT2D eigenvalue weighted by molar-refractivity contribution is 0.0193. The summed E-state index contributed by atoms with van der Waals surface area (Å²) in [5.74, 6) is -1.32. The number of hydrogen-bond acceptors (Lipinski definition) is 3. The van der Waals surface area contributed by atoms with E-state index in [0.717, 1.165) is 18.6 Å². The number of aliphatic hydroxyl groups is 1. The van der Waals surface area contributed by atoms with Crippen molar-refractivity contribution in [2.24, 2.45) is 5.92 Å². The van der Waals surface area contributed by atoms with E-state index in [1.165, 1.54) is 30.3 Å². The number of rotatable bonds is 5. The number of halogens is 2. The summed E-state index contributed by atoms with van der Waals surface area (Å²) in [7, 11) is -3.71. The third-order valence-electron chi connectivity index (χ3n) is 5.16. The van der Waals surface area contributed by atoms with E-state index < -0.39 is 27.3 Å². The fourth-order valence-electron chi connectivity index (χ4n) is 3.55. The Hall–Kier alpha value is -1.83. The van der Waals surface area contributed by atoms with Gasteiger partial charge in [-0.05, 0) is 68.9 Å². The Bertz CT molecular complexity index is 921. The summed E-state index contributed by atoms with van der Waals surface area (Å²) >= 11 is 0. The van der Waals surface area contributed by atoms with Crippen molar-refractivity contribution in [1.82, 2.24) is 4.72 Å². The molecule has 0 unspecified atom stereocenters. The summed E-state index contributed by atoms with van der Waals surface area (Å²) in [4.78, 5) is 0.0838. The van der Waals surface area contributed by atoms with Gasteiger partial charge in [0.05, 0.1) is 10.5 Å². The lowest BCUT2D eigenvalue weighted by Gasteiger charge is -2.25. The van der Waals surface area contributed by atoms with Gasteiger partial charge in [0, 0.05) is 17.7 Å². The Balaban J connectivity index is 1.74. The standard InChI is InChI=1S/C20H23F2NO3S/c1-20(2,24)14-5-7-16(11-14)23-27(25,26)17-8-3-13(4-9-17)18-10-6-15(21)12-19(18)22/h3-4,6,8-10,12,14,16,23-24H,5,7,11H2,1-2H3/t14-,16+/m1/s1. The minimum Gasteiger partial charge on any atom is -0.390 e. The van der Waals surface area contributed by atoms with Gasteiger partial charge in [0.15, 0.2) is 0 Å². The van der Waals surface area contributed by atoms with Gasteiger partial charge in [-0.15, -0.1) is 0 Å². The fourth-order valence-corrected chi connectivity index (χ4v) is 4.84. The molecule has 0 amide bonds. The lowest BCUT2D eigenvalue weighted by atomic mass is 9.90. The van der Waals surface area contributed by atoms with Crippen molar-refractivity contribution in [3.63, 3.8) is 0 Å². The molecule has 3 rings (SSSR count). The summed E-state index contributed by atoms with van der Waals surface area (Å²) in [6, 6.07) is 8.86. The molecule has 1 saturated carbocycles. The molecule has 2 aromatic rings. The van der Waals surface area contributed by atoms with Crippen LogP contribution in [0, 0.1) is 17.6 Å². The van der Waals surface area contributed by atoms with Crippen LogP contribution in [-0.2, 0) is 10.0 Å². The average Bonchev–Trinajstić information content (AvgIpc) is 3.03. The highest BCUT2D eigenvalue weighted by Crippen LogP contribution is 2.34. The first-order valence-electron chi connectivity index (χ1n) is 8.86. The van der Waals surface area contributed by atoms with Crippen LogP contribution in [0.3, 0.4) is 0 Å². The van der Waals surface area contributed by atoms with Crippen LogP contribution in [0.4, 0.5) is 8.78 Å². The van der Waals surface area contributed by atoms with E-state index in [1.807, 2.05) is 0 Å². The Kier molecular flexibility index (Phi) is 5.38. The predicted molar refractivity (Wildman–Crippen MR) is 99.5 cm³/mol. The van der Waals surface area contributed by atoms with Gasteiger partial charge in [-0.3, -0.25) is 0 Å². The van der Waals surface area contributed by atoms with Gasteiger partial charge in [-0.2, -0.15) is 0 Å². The Labute approximate surface area is 158 Å². The summed E-state index contributed by atoms with van der Waals surface area (Å²) in [6.07, 6.45) is 2.02. The lowest BCUT2D eigenvalue weighted by Crippen LogP contribution is -2.35. The van der Waals surface area contributed by atoms with Crippen LogP contribution in [0.15, 0.2) is 47.4 Å². The highest BCUT2D eigenvalue weighted by Gasteiger charge is 2.36. The summed E-state index contributed by atoms with van der Waals surface area (Å²) in [5.41, 5.74) is -0.160. The van der Waals surface area contributed by atoms with Crippen molar-refractivity contribution in [1.29, 1.82) is 0 Å². The molecular formula is C20H23F2NO3S. The van der Waals surface area contributed by atoms with Crippen LogP contribution in [-0.4, -0.2) is 25.2 Å². The van der Waals surface area contributed by atoms with Crippen molar-refractivity contribution in [2.45, 2.75) is 49.6 Å². The second kappa shape index (κ2) is 7.30. The zero-order valence-corrected chi connectivity index (χ0v) is 16.1. The Morgan fingerprint density at radius 2 is 1.74 bits per heavy atom. The van der Waals surface area contributed by atoms with E-state index in [-0.39, 0.29) is 22.4 Å². The Morgan fingerprint density at radius 3 is 2.30 bits per heavy atom. The normalized spacial score (nSPS) is 20.8. The van der Waals surface area contributed by atoms with Crippen LogP contribution in [0.5, 0.6) is 0 Å². The van der Waals surface area contributed by atoms with Gasteiger partial charge >= 0.3 is 0 Å². The van der Waals surface area contributed by atoms with Crippen LogP contribution >= 0.6 is 0 Å². The van der Waals surface area contributed by atoms with Gasteiger partial charge in [0.2, 0.25) is 10.0 Å². The molecular weight excluding hydrogens is 372 g/mol. The zero-order valence-electron chi connectivity index (χ0n) is 15.2. The maximum atomic E-state index is 13.9. The molecule has 1 aliphatic rings. The fraction of sp³-hybridized carbons (Fsp3) is 0.400. The zero-order chi connectivity index (χ0) is 19.8. The van der Waals surface area contributed by atoms with Crippen LogP contribution in [0.25, 0.3) is 11.1 Å². The highest BCUT2D eigenvalue weighted by molar-refractivity contribution is 7.89. The number of nitrogens with one attached hydrogen (secondary N) is 1. The first kappa shape index (κ1) is 19.9. The maximum absolute atomic E-state index is 13.9. The molecule has 1 fully saturated rings. The molecule has 7 heteroatoms. The van der Waals surface area contributed by atoms with Crippen molar-refractivity contribution >= 4 is 10.0 Å². The van der Waals surface area contributed by atoms with Crippen LogP contribution in [0.1, 0.15) is 33.1 Å². The monoisotopic (exact) mass is 395 g/mol. The van der Waals surface area contributed by atoms with Gasteiger partial charge in [0.1, 0.15) is 11.6 Å². The minimum atomic E-state index is -3.71. The second-order valence-corrected chi connectivity index (χ2v) is 9.34. The van der Waals surface area contributed by atoms with E-state index in [1.54, 1.807) is 13.8 Å². The third-order valence-corrected chi connectivity index (χ3v) is 6.70. The SMILES string of the molecule is CC(C)(O)[C@@H]1CC[C@H](NS(=O)(=O)c2ccc(-c3ccc(F)cc3F)cc2)C1. The minimum absolute atomic E-state index is 0.0500. The molecule has 0 aliphatic heterocycles. The van der Waals surface area contributed by atoms with Crippen LogP contribution in [0.2, 0.25) is 0 Å². The van der Waals surface area contributed by atoms with Crippen LogP contribution < -0.4 is 4.72 Å². The molecule has 146 valence electrons. The number of benzene rings is 2. The molecule has 2 N–H and O–H groups in total. The summed E-state index contributed by atoms with van der Waals surface area (Å²) < 4.78 is 54.8. The van der Waals surface area contributed by atoms with E-state index in [4.69, 9.17) is 0 Å². The third kappa shape index (κ3) is 4.54. The van der Waals surface area contributed by atoms with Crippen molar-refractivity contribution in [3.05, 3.63) is 54.1 Å². The van der Waals surface area contributed by atoms with Crippen molar-refractivity contribution < 1.29 is 22.3 Å². The molecule has 0 aromatic heterocycles. The molecule has 1 aliphatic carbocycles. The van der Waals surface area contributed by atoms with Crippen molar-refractivity contribution in [2.75, 3.05) is 0 Å². The molecule has 0 radical (unpaired) electrons. The van der Waals surface area contributed by atoms with Gasteiger partial charge < -0.3 is 5.11 Å². The van der Waals surface area contributed by atoms with E-state index in [0.29, 0.717) is 18.4 Å². The van der Waals surface area contributed by atoms with Gasteiger partial charge in [-0.25, -0.2) is 21.9 Å². The maximum Gasteiger partial charge on any atom is 0.240 e. The molecule has 4 nitrogen and oxygen atoms in total. The van der Waals surface area contributed by atoms with Gasteiger partial charge in [-0.1, -0.05) is 12.1 Å². The van der Waals surface area contributed by atoms with Crippen molar-refractivity contribution in [3.8, 4) is 11.1 Å². The number of hydrogen-bond donors (Lipinski definition) is 2. The molecule has 27 heavy (non-hydrogen) atoms. The predicted octanol–water partition coefficient (Wildman–Crippen LogP) is 3.85. The highest BCUT2D eigenvalue weighted by atomic mass is 32.2. The second-order valence-electron chi connectivity index (χ2n) is 7.63. The first-order chi connectivity index (χ1) is 12.6. The topological polar surface area (TPSA) is 66.4 Å². The molecule has 0 spiro atoms. The van der Waals surface area contributed by atoms with E-state index in [2.05, 4.69) is 4.72 Å². The molecule has 2 atom stereocenters. The molecule has 2 aromatic carbocycles. The first-order valence-corrected chi connectivity index (χ1v) is 10.3. The molecule has 0 saturated heterocycles. The van der Waals surface area contributed by atoms with E-state index in [9.17, 15) is 22.3 Å². The smallest absolute Gasteiger partial charge is 0.240 e. The summed E-state index contributed by atoms with van der Waals surface area (Å²) in [6.45, 7) is 3.48. The average molecular weight is 395 g/mol. The number of sulfonamides is 1. The summed E-state index contributed by atoms with van der Waals surface area (Å²) in [5, 5.41) is 10.1. The molecule has 0 heterocycles. The Morgan fingerprint density at radius 1 is 1.07 bits per heavy atom. The largest absolute Gasteiger partial charge is 0.390 e. The molecule has 0 bridgehead atoms. The quantitative estimate of drug-likeness (QED) is 0.808.